The number of carbonyl (C=O) groups is 2. The van der Waals surface area contributed by atoms with E-state index in [0.29, 0.717) is 45.3 Å². The summed E-state index contributed by atoms with van der Waals surface area (Å²) in [6.07, 6.45) is 10.4. The first-order chi connectivity index (χ1) is 12.7. The van der Waals surface area contributed by atoms with Gasteiger partial charge >= 0.3 is 0 Å². The van der Waals surface area contributed by atoms with Gasteiger partial charge in [-0.2, -0.15) is 0 Å². The van der Waals surface area contributed by atoms with Gasteiger partial charge in [-0.05, 0) is 12.8 Å². The third kappa shape index (κ3) is 3.77. The van der Waals surface area contributed by atoms with Crippen LogP contribution in [-0.2, 0) is 19.1 Å². The average Bonchev–Trinajstić information content (AvgIpc) is 3.22. The Morgan fingerprint density at radius 2 is 1.58 bits per heavy atom. The lowest BCUT2D eigenvalue weighted by Gasteiger charge is -2.38. The second-order valence-electron chi connectivity index (χ2n) is 8.38. The first-order valence-electron chi connectivity index (χ1n) is 10.5. The molecule has 0 aromatic carbocycles. The highest BCUT2D eigenvalue weighted by Crippen LogP contribution is 2.33. The van der Waals surface area contributed by atoms with Gasteiger partial charge in [0.15, 0.2) is 5.79 Å². The quantitative estimate of drug-likeness (QED) is 0.754. The number of amides is 2. The summed E-state index contributed by atoms with van der Waals surface area (Å²) in [7, 11) is 0. The van der Waals surface area contributed by atoms with Gasteiger partial charge in [-0.3, -0.25) is 9.59 Å². The fourth-order valence-corrected chi connectivity index (χ4v) is 5.11. The van der Waals surface area contributed by atoms with Crippen LogP contribution < -0.4 is 0 Å². The SMILES string of the molecule is O=C([C@H]1CC(=O)N(C2CCCCCCC2)C1)N1CCC2(CC1)OCCO2. The zero-order valence-electron chi connectivity index (χ0n) is 15.8. The van der Waals surface area contributed by atoms with Crippen molar-refractivity contribution in [2.24, 2.45) is 5.92 Å². The highest BCUT2D eigenvalue weighted by Gasteiger charge is 2.44. The first-order valence-corrected chi connectivity index (χ1v) is 10.5. The minimum atomic E-state index is -0.451. The molecule has 2 amide bonds. The molecule has 6 heteroatoms. The smallest absolute Gasteiger partial charge is 0.228 e. The molecule has 1 aliphatic carbocycles. The summed E-state index contributed by atoms with van der Waals surface area (Å²) in [5.41, 5.74) is 0. The van der Waals surface area contributed by atoms with Gasteiger partial charge < -0.3 is 19.3 Å². The zero-order valence-corrected chi connectivity index (χ0v) is 15.8. The Kier molecular flexibility index (Phi) is 5.50. The molecular weight excluding hydrogens is 332 g/mol. The predicted molar refractivity (Wildman–Crippen MR) is 96.4 cm³/mol. The molecule has 0 radical (unpaired) electrons. The number of hydrogen-bond donors (Lipinski definition) is 0. The van der Waals surface area contributed by atoms with Gasteiger partial charge in [0.05, 0.1) is 19.1 Å². The van der Waals surface area contributed by atoms with Crippen molar-refractivity contribution in [1.29, 1.82) is 0 Å². The highest BCUT2D eigenvalue weighted by atomic mass is 16.7. The molecule has 1 spiro atoms. The normalized spacial score (nSPS) is 30.6. The van der Waals surface area contributed by atoms with E-state index in [0.717, 1.165) is 25.7 Å². The Balaban J connectivity index is 1.32. The van der Waals surface area contributed by atoms with Gasteiger partial charge in [0.25, 0.3) is 0 Å². The molecule has 1 saturated carbocycles. The van der Waals surface area contributed by atoms with Gasteiger partial charge in [0.1, 0.15) is 0 Å². The van der Waals surface area contributed by atoms with Gasteiger partial charge in [0, 0.05) is 44.9 Å². The van der Waals surface area contributed by atoms with Crippen molar-refractivity contribution in [2.45, 2.75) is 76.0 Å². The van der Waals surface area contributed by atoms with Crippen LogP contribution >= 0.6 is 0 Å². The highest BCUT2D eigenvalue weighted by molar-refractivity contribution is 5.89. The fraction of sp³-hybridized carbons (Fsp3) is 0.900. The molecule has 3 aliphatic heterocycles. The van der Waals surface area contributed by atoms with Crippen molar-refractivity contribution < 1.29 is 19.1 Å². The molecule has 3 saturated heterocycles. The largest absolute Gasteiger partial charge is 0.347 e. The van der Waals surface area contributed by atoms with E-state index in [1.54, 1.807) is 0 Å². The van der Waals surface area contributed by atoms with E-state index in [1.165, 1.54) is 32.1 Å². The summed E-state index contributed by atoms with van der Waals surface area (Å²) in [4.78, 5) is 29.5. The van der Waals surface area contributed by atoms with Crippen LogP contribution in [0.25, 0.3) is 0 Å². The number of hydrogen-bond acceptors (Lipinski definition) is 4. The lowest BCUT2D eigenvalue weighted by molar-refractivity contribution is -0.188. The average molecular weight is 364 g/mol. The summed E-state index contributed by atoms with van der Waals surface area (Å²) in [6, 6.07) is 0.352. The molecule has 4 aliphatic rings. The van der Waals surface area contributed by atoms with Crippen LogP contribution in [0.4, 0.5) is 0 Å². The predicted octanol–water partition coefficient (Wildman–Crippen LogP) is 2.31. The Bertz CT molecular complexity index is 514. The Hall–Kier alpha value is -1.14. The van der Waals surface area contributed by atoms with Crippen LogP contribution in [0.2, 0.25) is 0 Å². The van der Waals surface area contributed by atoms with Gasteiger partial charge in [-0.15, -0.1) is 0 Å². The second-order valence-corrected chi connectivity index (χ2v) is 8.38. The summed E-state index contributed by atoms with van der Waals surface area (Å²) in [5, 5.41) is 0. The third-order valence-electron chi connectivity index (χ3n) is 6.67. The fourth-order valence-electron chi connectivity index (χ4n) is 5.11. The monoisotopic (exact) mass is 364 g/mol. The standard InChI is InChI=1S/C20H32N2O4/c23-18-14-16(15-22(18)17-6-4-2-1-3-5-7-17)19(24)21-10-8-20(9-11-21)25-12-13-26-20/h16-17H,1-15H2/t16-/m0/s1. The third-order valence-corrected chi connectivity index (χ3v) is 6.67. The van der Waals surface area contributed by atoms with Crippen molar-refractivity contribution in [3.05, 3.63) is 0 Å². The van der Waals surface area contributed by atoms with Crippen molar-refractivity contribution in [2.75, 3.05) is 32.8 Å². The van der Waals surface area contributed by atoms with E-state index in [4.69, 9.17) is 9.47 Å². The summed E-state index contributed by atoms with van der Waals surface area (Å²) in [5.74, 6) is -0.274. The maximum atomic E-state index is 13.0. The van der Waals surface area contributed by atoms with Crippen LogP contribution in [0.1, 0.15) is 64.2 Å². The van der Waals surface area contributed by atoms with E-state index in [-0.39, 0.29) is 17.7 Å². The molecule has 0 unspecified atom stereocenters. The molecule has 0 aromatic rings. The number of likely N-dealkylation sites (tertiary alicyclic amines) is 2. The zero-order chi connectivity index (χ0) is 18.0. The molecule has 0 N–H and O–H groups in total. The molecule has 1 atom stereocenters. The van der Waals surface area contributed by atoms with Crippen molar-refractivity contribution in [3.63, 3.8) is 0 Å². The summed E-state index contributed by atoms with van der Waals surface area (Å²) >= 11 is 0. The van der Waals surface area contributed by atoms with E-state index in [1.807, 2.05) is 9.80 Å². The summed E-state index contributed by atoms with van der Waals surface area (Å²) < 4.78 is 11.5. The first kappa shape index (κ1) is 18.2. The van der Waals surface area contributed by atoms with Crippen LogP contribution in [0.5, 0.6) is 0 Å². The molecular formula is C20H32N2O4. The van der Waals surface area contributed by atoms with Crippen molar-refractivity contribution >= 4 is 11.8 Å². The number of ether oxygens (including phenoxy) is 2. The van der Waals surface area contributed by atoms with E-state index in [9.17, 15) is 9.59 Å². The van der Waals surface area contributed by atoms with Gasteiger partial charge in [-0.1, -0.05) is 32.1 Å². The van der Waals surface area contributed by atoms with E-state index < -0.39 is 5.79 Å². The summed E-state index contributed by atoms with van der Waals surface area (Å²) in [6.45, 7) is 3.28. The maximum absolute atomic E-state index is 13.0. The van der Waals surface area contributed by atoms with E-state index >= 15 is 0 Å². The molecule has 0 bridgehead atoms. The molecule has 4 rings (SSSR count). The Morgan fingerprint density at radius 3 is 2.23 bits per heavy atom. The number of rotatable bonds is 2. The van der Waals surface area contributed by atoms with Crippen LogP contribution in [-0.4, -0.2) is 66.3 Å². The topological polar surface area (TPSA) is 59.1 Å². The number of nitrogens with zero attached hydrogens (tertiary/aromatic N) is 2. The van der Waals surface area contributed by atoms with Gasteiger partial charge in [0.2, 0.25) is 11.8 Å². The second kappa shape index (κ2) is 7.85. The molecule has 146 valence electrons. The lowest BCUT2D eigenvalue weighted by Crippen LogP contribution is -2.49. The van der Waals surface area contributed by atoms with Crippen molar-refractivity contribution in [3.8, 4) is 0 Å². The maximum Gasteiger partial charge on any atom is 0.228 e. The van der Waals surface area contributed by atoms with Crippen LogP contribution in [0, 0.1) is 5.92 Å². The molecule has 4 fully saturated rings. The van der Waals surface area contributed by atoms with Crippen LogP contribution in [0.3, 0.4) is 0 Å². The minimum absolute atomic E-state index is 0.152. The Morgan fingerprint density at radius 1 is 0.962 bits per heavy atom. The van der Waals surface area contributed by atoms with E-state index in [2.05, 4.69) is 0 Å². The minimum Gasteiger partial charge on any atom is -0.347 e. The van der Waals surface area contributed by atoms with Crippen LogP contribution in [0.15, 0.2) is 0 Å². The number of carbonyl (C=O) groups excluding carboxylic acids is 2. The molecule has 26 heavy (non-hydrogen) atoms. The lowest BCUT2D eigenvalue weighted by atomic mass is 9.95. The number of piperidine rings is 1. The molecule has 3 heterocycles. The van der Waals surface area contributed by atoms with Gasteiger partial charge in [-0.25, -0.2) is 0 Å². The molecule has 6 nitrogen and oxygen atoms in total. The Labute approximate surface area is 156 Å². The van der Waals surface area contributed by atoms with Crippen molar-refractivity contribution in [1.82, 2.24) is 9.80 Å². The molecule has 0 aromatic heterocycles.